The highest BCUT2D eigenvalue weighted by Gasteiger charge is 2.30. The molecule has 144 valence electrons. The second-order valence-electron chi connectivity index (χ2n) is 8.39. The second kappa shape index (κ2) is 7.73. The molecular weight excluding hydrogens is 338 g/mol. The molecule has 0 bridgehead atoms. The molecule has 0 unspecified atom stereocenters. The Morgan fingerprint density at radius 2 is 1.59 bits per heavy atom. The van der Waals surface area contributed by atoms with Crippen molar-refractivity contribution in [1.82, 2.24) is 4.90 Å². The minimum absolute atomic E-state index is 0.0457. The van der Waals surface area contributed by atoms with Gasteiger partial charge in [0.25, 0.3) is 0 Å². The van der Waals surface area contributed by atoms with Gasteiger partial charge in [-0.05, 0) is 42.0 Å². The highest BCUT2D eigenvalue weighted by atomic mass is 16.6. The molecule has 1 aliphatic rings. The minimum Gasteiger partial charge on any atom is -0.448 e. The van der Waals surface area contributed by atoms with Crippen LogP contribution in [0.15, 0.2) is 48.5 Å². The van der Waals surface area contributed by atoms with E-state index in [1.807, 2.05) is 38.1 Å². The zero-order chi connectivity index (χ0) is 19.6. The lowest BCUT2D eigenvalue weighted by Crippen LogP contribution is -2.44. The maximum absolute atomic E-state index is 12.7. The van der Waals surface area contributed by atoms with Gasteiger partial charge >= 0.3 is 6.09 Å². The maximum atomic E-state index is 12.7. The number of hydrogen-bond donors (Lipinski definition) is 1. The Morgan fingerprint density at radius 3 is 2.07 bits per heavy atom. The Bertz CT molecular complexity index is 762. The fraction of sp³-hybridized carbons (Fsp3) is 0.435. The fourth-order valence-corrected chi connectivity index (χ4v) is 3.80. The predicted molar refractivity (Wildman–Crippen MR) is 108 cm³/mol. The smallest absolute Gasteiger partial charge is 0.409 e. The molecule has 0 saturated carbocycles. The fourth-order valence-electron chi connectivity index (χ4n) is 3.80. The van der Waals surface area contributed by atoms with Crippen molar-refractivity contribution in [2.75, 3.05) is 19.7 Å². The number of benzene rings is 2. The van der Waals surface area contributed by atoms with Gasteiger partial charge in [0.15, 0.2) is 0 Å². The molecule has 0 spiro atoms. The topological polar surface area (TPSA) is 49.8 Å². The summed E-state index contributed by atoms with van der Waals surface area (Å²) < 4.78 is 5.72. The van der Waals surface area contributed by atoms with Crippen LogP contribution in [0.4, 0.5) is 4.79 Å². The third-order valence-electron chi connectivity index (χ3n) is 4.76. The van der Waals surface area contributed by atoms with E-state index in [2.05, 4.69) is 24.3 Å². The second-order valence-corrected chi connectivity index (χ2v) is 8.39. The molecule has 0 saturated heterocycles. The van der Waals surface area contributed by atoms with Gasteiger partial charge in [0.05, 0.1) is 12.1 Å². The number of amides is 1. The van der Waals surface area contributed by atoms with Crippen molar-refractivity contribution in [3.8, 4) is 11.1 Å². The zero-order valence-electron chi connectivity index (χ0n) is 16.6. The van der Waals surface area contributed by atoms with Crippen LogP contribution in [0.1, 0.15) is 44.7 Å². The average Bonchev–Trinajstić information content (AvgIpc) is 2.91. The van der Waals surface area contributed by atoms with Crippen LogP contribution in [-0.4, -0.2) is 41.4 Å². The van der Waals surface area contributed by atoms with Crippen molar-refractivity contribution < 1.29 is 14.6 Å². The van der Waals surface area contributed by atoms with Crippen LogP contribution >= 0.6 is 0 Å². The minimum atomic E-state index is -0.958. The van der Waals surface area contributed by atoms with Crippen molar-refractivity contribution >= 4 is 6.09 Å². The van der Waals surface area contributed by atoms with Gasteiger partial charge in [-0.3, -0.25) is 0 Å². The number of aliphatic hydroxyl groups is 1. The third kappa shape index (κ3) is 4.51. The summed E-state index contributed by atoms with van der Waals surface area (Å²) in [6.07, 6.45) is -0.368. The lowest BCUT2D eigenvalue weighted by Gasteiger charge is -2.30. The van der Waals surface area contributed by atoms with Gasteiger partial charge in [-0.25, -0.2) is 4.79 Å². The Balaban J connectivity index is 1.76. The number of hydrogen-bond acceptors (Lipinski definition) is 3. The van der Waals surface area contributed by atoms with Crippen molar-refractivity contribution in [3.05, 3.63) is 59.7 Å². The molecular formula is C23H29NO3. The molecule has 0 radical (unpaired) electrons. The summed E-state index contributed by atoms with van der Waals surface area (Å²) >= 11 is 0. The summed E-state index contributed by atoms with van der Waals surface area (Å²) in [6.45, 7) is 8.62. The van der Waals surface area contributed by atoms with E-state index in [-0.39, 0.29) is 18.6 Å². The predicted octanol–water partition coefficient (Wildman–Crippen LogP) is 4.66. The first-order valence-electron chi connectivity index (χ1n) is 9.58. The number of fused-ring (bicyclic) bond motifs is 3. The Hall–Kier alpha value is -2.33. The number of carbonyl (C=O) groups excluding carboxylic acids is 1. The first-order valence-corrected chi connectivity index (χ1v) is 9.58. The molecule has 1 N–H and O–H groups in total. The molecule has 0 aromatic heterocycles. The number of nitrogens with zero attached hydrogens (tertiary/aromatic N) is 1. The highest BCUT2D eigenvalue weighted by molar-refractivity contribution is 5.79. The molecule has 2 aromatic carbocycles. The summed E-state index contributed by atoms with van der Waals surface area (Å²) in [5.74, 6) is 0.345. The lowest BCUT2D eigenvalue weighted by atomic mass is 9.98. The Morgan fingerprint density at radius 1 is 1.07 bits per heavy atom. The van der Waals surface area contributed by atoms with Gasteiger partial charge in [0.2, 0.25) is 0 Å². The summed E-state index contributed by atoms with van der Waals surface area (Å²) in [4.78, 5) is 14.3. The molecule has 0 fully saturated rings. The number of ether oxygens (including phenoxy) is 1. The van der Waals surface area contributed by atoms with Gasteiger partial charge in [-0.1, -0.05) is 62.4 Å². The lowest BCUT2D eigenvalue weighted by molar-refractivity contribution is 0.0239. The SMILES string of the molecule is CC(C)CN(CC(C)(C)O)C(=O)OCC1c2ccccc2-c2ccccc21. The van der Waals surface area contributed by atoms with E-state index in [4.69, 9.17) is 4.74 Å². The Kier molecular flexibility index (Phi) is 5.56. The molecule has 3 rings (SSSR count). The number of rotatable bonds is 6. The van der Waals surface area contributed by atoms with Gasteiger partial charge in [-0.15, -0.1) is 0 Å². The van der Waals surface area contributed by atoms with Gasteiger partial charge < -0.3 is 14.7 Å². The molecule has 0 heterocycles. The molecule has 1 aliphatic carbocycles. The van der Waals surface area contributed by atoms with Crippen LogP contribution in [0, 0.1) is 5.92 Å². The van der Waals surface area contributed by atoms with Crippen molar-refractivity contribution in [2.45, 2.75) is 39.2 Å². The average molecular weight is 367 g/mol. The van der Waals surface area contributed by atoms with Gasteiger partial charge in [0.1, 0.15) is 6.61 Å². The molecule has 2 aromatic rings. The van der Waals surface area contributed by atoms with E-state index < -0.39 is 5.60 Å². The van der Waals surface area contributed by atoms with E-state index in [9.17, 15) is 9.90 Å². The normalized spacial score (nSPS) is 13.4. The summed E-state index contributed by atoms with van der Waals surface area (Å²) in [7, 11) is 0. The standard InChI is InChI=1S/C23H29NO3/c1-16(2)13-24(15-23(3,4)26)22(25)27-14-21-19-11-7-5-9-17(19)18-10-6-8-12-20(18)21/h5-12,16,21,26H,13-15H2,1-4H3. The van der Waals surface area contributed by atoms with Crippen molar-refractivity contribution in [1.29, 1.82) is 0 Å². The highest BCUT2D eigenvalue weighted by Crippen LogP contribution is 2.44. The largest absolute Gasteiger partial charge is 0.448 e. The molecule has 4 nitrogen and oxygen atoms in total. The molecule has 27 heavy (non-hydrogen) atoms. The maximum Gasteiger partial charge on any atom is 0.409 e. The van der Waals surface area contributed by atoms with E-state index in [1.54, 1.807) is 18.7 Å². The van der Waals surface area contributed by atoms with Crippen LogP contribution in [0.3, 0.4) is 0 Å². The first-order chi connectivity index (χ1) is 12.8. The number of carbonyl (C=O) groups is 1. The van der Waals surface area contributed by atoms with Crippen molar-refractivity contribution in [3.63, 3.8) is 0 Å². The quantitative estimate of drug-likeness (QED) is 0.807. The molecule has 0 atom stereocenters. The van der Waals surface area contributed by atoms with Crippen LogP contribution in [0.25, 0.3) is 11.1 Å². The van der Waals surface area contributed by atoms with Gasteiger partial charge in [-0.2, -0.15) is 0 Å². The molecule has 1 amide bonds. The van der Waals surface area contributed by atoms with E-state index in [0.29, 0.717) is 19.1 Å². The van der Waals surface area contributed by atoms with E-state index in [0.717, 1.165) is 0 Å². The van der Waals surface area contributed by atoms with Crippen molar-refractivity contribution in [2.24, 2.45) is 5.92 Å². The summed E-state index contributed by atoms with van der Waals surface area (Å²) in [6, 6.07) is 16.6. The summed E-state index contributed by atoms with van der Waals surface area (Å²) in [5, 5.41) is 10.1. The first kappa shape index (κ1) is 19.4. The molecule has 4 heteroatoms. The third-order valence-corrected chi connectivity index (χ3v) is 4.76. The van der Waals surface area contributed by atoms with Crippen LogP contribution in [-0.2, 0) is 4.74 Å². The van der Waals surface area contributed by atoms with Crippen LogP contribution in [0.2, 0.25) is 0 Å². The summed E-state index contributed by atoms with van der Waals surface area (Å²) in [5.41, 5.74) is 3.86. The Labute approximate surface area is 161 Å². The molecule has 0 aliphatic heterocycles. The van der Waals surface area contributed by atoms with Crippen LogP contribution in [0.5, 0.6) is 0 Å². The van der Waals surface area contributed by atoms with E-state index in [1.165, 1.54) is 22.3 Å². The zero-order valence-corrected chi connectivity index (χ0v) is 16.6. The van der Waals surface area contributed by atoms with Crippen LogP contribution < -0.4 is 0 Å². The van der Waals surface area contributed by atoms with E-state index >= 15 is 0 Å². The van der Waals surface area contributed by atoms with Gasteiger partial charge in [0, 0.05) is 12.5 Å². The monoisotopic (exact) mass is 367 g/mol.